The minimum absolute atomic E-state index is 0.0866. The molecule has 3 heterocycles. The Balaban J connectivity index is 1.30. The number of hydrogen-bond donors (Lipinski definition) is 1. The highest BCUT2D eigenvalue weighted by molar-refractivity contribution is 5.95. The van der Waals surface area contributed by atoms with Crippen LogP contribution in [0.3, 0.4) is 0 Å². The maximum absolute atomic E-state index is 12.0. The summed E-state index contributed by atoms with van der Waals surface area (Å²) < 4.78 is 10.8. The van der Waals surface area contributed by atoms with Crippen molar-refractivity contribution in [3.63, 3.8) is 0 Å². The summed E-state index contributed by atoms with van der Waals surface area (Å²) in [6.07, 6.45) is 1.32. The van der Waals surface area contributed by atoms with Gasteiger partial charge in [-0.2, -0.15) is 0 Å². The highest BCUT2D eigenvalue weighted by Gasteiger charge is 2.29. The lowest BCUT2D eigenvalue weighted by molar-refractivity contribution is -0.383. The lowest BCUT2D eigenvalue weighted by Crippen LogP contribution is -2.46. The van der Waals surface area contributed by atoms with Gasteiger partial charge in [-0.25, -0.2) is 9.97 Å². The summed E-state index contributed by atoms with van der Waals surface area (Å²) in [4.78, 5) is 35.8. The van der Waals surface area contributed by atoms with Crippen LogP contribution in [-0.2, 0) is 6.54 Å². The van der Waals surface area contributed by atoms with Crippen molar-refractivity contribution in [3.8, 4) is 11.5 Å². The Morgan fingerprint density at radius 2 is 1.89 bits per heavy atom. The van der Waals surface area contributed by atoms with Crippen LogP contribution in [0.2, 0.25) is 0 Å². The third kappa shape index (κ3) is 4.85. The molecule has 35 heavy (non-hydrogen) atoms. The number of nitrogens with zero attached hydrogens (tertiary/aromatic N) is 5. The topological polar surface area (TPSA) is 123 Å². The second kappa shape index (κ2) is 9.55. The van der Waals surface area contributed by atoms with Gasteiger partial charge in [0.25, 0.3) is 0 Å². The van der Waals surface area contributed by atoms with Gasteiger partial charge in [0.15, 0.2) is 17.3 Å². The standard InChI is InChI=1S/C24H24N6O5/c1-16(31)18-3-2-4-19(12-18)27-23-22(30(32)33)24(26-14-25-23)29-9-7-28(8-10-29)13-17-5-6-20-21(11-17)35-15-34-20/h2-6,11-12,14H,7-10,13,15H2,1H3,(H,25,26,27). The molecule has 0 spiro atoms. The lowest BCUT2D eigenvalue weighted by Gasteiger charge is -2.35. The molecule has 2 aliphatic heterocycles. The van der Waals surface area contributed by atoms with Gasteiger partial charge in [0.05, 0.1) is 4.92 Å². The van der Waals surface area contributed by atoms with E-state index in [0.717, 1.165) is 36.7 Å². The van der Waals surface area contributed by atoms with Crippen molar-refractivity contribution in [3.05, 3.63) is 70.0 Å². The number of anilines is 3. The number of hydrogen-bond acceptors (Lipinski definition) is 10. The van der Waals surface area contributed by atoms with Crippen LogP contribution in [0.15, 0.2) is 48.8 Å². The van der Waals surface area contributed by atoms with Crippen LogP contribution in [0.4, 0.5) is 23.0 Å². The van der Waals surface area contributed by atoms with Crippen molar-refractivity contribution in [1.82, 2.24) is 14.9 Å². The first-order chi connectivity index (χ1) is 17.0. The smallest absolute Gasteiger partial charge is 0.353 e. The van der Waals surface area contributed by atoms with Crippen molar-refractivity contribution >= 4 is 28.8 Å². The van der Waals surface area contributed by atoms with E-state index in [1.54, 1.807) is 24.3 Å². The first-order valence-corrected chi connectivity index (χ1v) is 11.2. The maximum Gasteiger partial charge on any atom is 0.353 e. The molecule has 2 aromatic carbocycles. The normalized spacial score (nSPS) is 15.2. The number of piperazine rings is 1. The van der Waals surface area contributed by atoms with Crippen LogP contribution in [0.5, 0.6) is 11.5 Å². The molecule has 0 bridgehead atoms. The summed E-state index contributed by atoms with van der Waals surface area (Å²) in [6, 6.07) is 12.7. The molecule has 0 atom stereocenters. The molecule has 5 rings (SSSR count). The van der Waals surface area contributed by atoms with E-state index in [-0.39, 0.29) is 29.9 Å². The molecule has 1 fully saturated rings. The number of carbonyl (C=O) groups excluding carboxylic acids is 1. The van der Waals surface area contributed by atoms with Gasteiger partial charge in [0.2, 0.25) is 18.4 Å². The fourth-order valence-corrected chi connectivity index (χ4v) is 4.23. The molecule has 11 heteroatoms. The zero-order chi connectivity index (χ0) is 24.4. The van der Waals surface area contributed by atoms with Crippen molar-refractivity contribution < 1.29 is 19.2 Å². The van der Waals surface area contributed by atoms with E-state index in [1.165, 1.54) is 13.3 Å². The first kappa shape index (κ1) is 22.5. The first-order valence-electron chi connectivity index (χ1n) is 11.2. The SMILES string of the molecule is CC(=O)c1cccc(Nc2ncnc(N3CCN(Cc4ccc5c(c4)OCO5)CC3)c2[N+](=O)[O-])c1. The second-order valence-electron chi connectivity index (χ2n) is 8.36. The molecule has 0 unspecified atom stereocenters. The second-order valence-corrected chi connectivity index (χ2v) is 8.36. The third-order valence-corrected chi connectivity index (χ3v) is 6.03. The summed E-state index contributed by atoms with van der Waals surface area (Å²) in [6.45, 7) is 5.07. The van der Waals surface area contributed by atoms with Crippen LogP contribution >= 0.6 is 0 Å². The highest BCUT2D eigenvalue weighted by atomic mass is 16.7. The Morgan fingerprint density at radius 1 is 1.09 bits per heavy atom. The van der Waals surface area contributed by atoms with E-state index in [0.29, 0.717) is 24.3 Å². The van der Waals surface area contributed by atoms with Gasteiger partial charge in [0, 0.05) is 44.0 Å². The Labute approximate surface area is 201 Å². The third-order valence-electron chi connectivity index (χ3n) is 6.03. The van der Waals surface area contributed by atoms with E-state index >= 15 is 0 Å². The quantitative estimate of drug-likeness (QED) is 0.308. The number of ketones is 1. The van der Waals surface area contributed by atoms with Crippen LogP contribution in [0.1, 0.15) is 22.8 Å². The maximum atomic E-state index is 12.0. The van der Waals surface area contributed by atoms with E-state index in [9.17, 15) is 14.9 Å². The molecular formula is C24H24N6O5. The zero-order valence-electron chi connectivity index (χ0n) is 19.1. The van der Waals surface area contributed by atoms with Gasteiger partial charge in [-0.15, -0.1) is 0 Å². The average molecular weight is 476 g/mol. The fourth-order valence-electron chi connectivity index (χ4n) is 4.23. The molecule has 2 aliphatic rings. The number of ether oxygens (including phenoxy) is 2. The predicted octanol–water partition coefficient (Wildman–Crippen LogP) is 3.38. The highest BCUT2D eigenvalue weighted by Crippen LogP contribution is 2.35. The summed E-state index contributed by atoms with van der Waals surface area (Å²) in [7, 11) is 0. The number of nitro groups is 1. The van der Waals surface area contributed by atoms with Gasteiger partial charge < -0.3 is 19.7 Å². The van der Waals surface area contributed by atoms with Gasteiger partial charge in [0.1, 0.15) is 6.33 Å². The van der Waals surface area contributed by atoms with E-state index in [4.69, 9.17) is 9.47 Å². The Kier molecular flexibility index (Phi) is 6.15. The lowest BCUT2D eigenvalue weighted by atomic mass is 10.1. The molecule has 0 aliphatic carbocycles. The number of aromatic nitrogens is 2. The molecule has 1 aromatic heterocycles. The van der Waals surface area contributed by atoms with E-state index < -0.39 is 4.92 Å². The largest absolute Gasteiger partial charge is 0.454 e. The van der Waals surface area contributed by atoms with E-state index in [1.807, 2.05) is 23.1 Å². The van der Waals surface area contributed by atoms with Crippen molar-refractivity contribution in [2.75, 3.05) is 43.2 Å². The minimum atomic E-state index is -0.467. The Bertz CT molecular complexity index is 1280. The molecule has 0 radical (unpaired) electrons. The van der Waals surface area contributed by atoms with Gasteiger partial charge in [-0.3, -0.25) is 19.8 Å². The van der Waals surface area contributed by atoms with Crippen molar-refractivity contribution in [1.29, 1.82) is 0 Å². The molecule has 1 N–H and O–H groups in total. The number of carbonyl (C=O) groups is 1. The van der Waals surface area contributed by atoms with Gasteiger partial charge in [-0.05, 0) is 36.8 Å². The van der Waals surface area contributed by atoms with Crippen molar-refractivity contribution in [2.24, 2.45) is 0 Å². The minimum Gasteiger partial charge on any atom is -0.454 e. The van der Waals surface area contributed by atoms with Gasteiger partial charge >= 0.3 is 5.69 Å². The van der Waals surface area contributed by atoms with Crippen molar-refractivity contribution in [2.45, 2.75) is 13.5 Å². The monoisotopic (exact) mass is 476 g/mol. The van der Waals surface area contributed by atoms with E-state index in [2.05, 4.69) is 20.2 Å². The molecule has 11 nitrogen and oxygen atoms in total. The number of rotatable bonds is 7. The van der Waals surface area contributed by atoms with Crippen LogP contribution in [0, 0.1) is 10.1 Å². The number of benzene rings is 2. The average Bonchev–Trinajstić information content (AvgIpc) is 3.32. The number of nitrogens with one attached hydrogen (secondary N) is 1. The molecule has 3 aromatic rings. The Morgan fingerprint density at radius 3 is 2.66 bits per heavy atom. The summed E-state index contributed by atoms with van der Waals surface area (Å²) in [5, 5.41) is 15.0. The number of fused-ring (bicyclic) bond motifs is 1. The predicted molar refractivity (Wildman–Crippen MR) is 128 cm³/mol. The summed E-state index contributed by atoms with van der Waals surface area (Å²) in [5.41, 5.74) is 1.98. The summed E-state index contributed by atoms with van der Waals surface area (Å²) >= 11 is 0. The fraction of sp³-hybridized carbons (Fsp3) is 0.292. The molecule has 180 valence electrons. The Hall–Kier alpha value is -4.25. The zero-order valence-corrected chi connectivity index (χ0v) is 19.1. The summed E-state index contributed by atoms with van der Waals surface area (Å²) in [5.74, 6) is 1.78. The van der Waals surface area contributed by atoms with Crippen LogP contribution < -0.4 is 19.7 Å². The molecule has 1 saturated heterocycles. The molecule has 0 amide bonds. The molecular weight excluding hydrogens is 452 g/mol. The van der Waals surface area contributed by atoms with Gasteiger partial charge in [-0.1, -0.05) is 18.2 Å². The van der Waals surface area contributed by atoms with Crippen LogP contribution in [0.25, 0.3) is 0 Å². The number of Topliss-reactive ketones (excluding diaryl/α,β-unsaturated/α-hetero) is 1. The molecule has 0 saturated carbocycles. The van der Waals surface area contributed by atoms with Crippen LogP contribution in [-0.4, -0.2) is 58.5 Å².